The van der Waals surface area contributed by atoms with Crippen LogP contribution in [0.1, 0.15) is 96.0 Å². The average Bonchev–Trinajstić information content (AvgIpc) is 3.04. The first-order valence-electron chi connectivity index (χ1n) is 16.2. The van der Waals surface area contributed by atoms with Crippen LogP contribution >= 0.6 is 20.8 Å². The first-order chi connectivity index (χ1) is 20.2. The van der Waals surface area contributed by atoms with E-state index in [1.165, 1.54) is 110 Å². The molecule has 41 heavy (non-hydrogen) atoms. The topological polar surface area (TPSA) is 0 Å². The van der Waals surface area contributed by atoms with Crippen LogP contribution in [0.3, 0.4) is 0 Å². The van der Waals surface area contributed by atoms with Gasteiger partial charge in [-0.15, -0.1) is 0 Å². The molecule has 0 heterocycles. The van der Waals surface area contributed by atoms with E-state index in [0.717, 1.165) is 6.42 Å². The summed E-state index contributed by atoms with van der Waals surface area (Å²) in [6.45, 7) is 2.30. The number of hydrogen-bond donors (Lipinski definition) is 0. The molecule has 218 valence electrons. The van der Waals surface area contributed by atoms with Crippen LogP contribution in [-0.2, 0) is 6.42 Å². The molecule has 0 amide bonds. The summed E-state index contributed by atoms with van der Waals surface area (Å²) in [7, 11) is 0. The van der Waals surface area contributed by atoms with E-state index in [4.69, 9.17) is 0 Å². The van der Waals surface area contributed by atoms with E-state index in [1.54, 1.807) is 0 Å². The fourth-order valence-corrected chi connectivity index (χ4v) is 13.8. The van der Waals surface area contributed by atoms with E-state index >= 15 is 0 Å². The molecule has 0 fully saturated rings. The summed E-state index contributed by atoms with van der Waals surface area (Å²) >= 11 is 4.60. The molecule has 0 aromatic heterocycles. The third-order valence-corrected chi connectivity index (χ3v) is 18.7. The summed E-state index contributed by atoms with van der Waals surface area (Å²) in [6, 6.07) is 42.8. The normalized spacial score (nSPS) is 12.6. The van der Waals surface area contributed by atoms with Crippen molar-refractivity contribution in [3.8, 4) is 0 Å². The van der Waals surface area contributed by atoms with E-state index in [-0.39, 0.29) is 0 Å². The van der Waals surface area contributed by atoms with Crippen LogP contribution in [0.4, 0.5) is 0 Å². The van der Waals surface area contributed by atoms with Crippen LogP contribution < -0.4 is 21.2 Å². The molecule has 0 N–H and O–H groups in total. The van der Waals surface area contributed by atoms with E-state index in [0.29, 0.717) is 0 Å². The van der Waals surface area contributed by atoms with Crippen LogP contribution in [0, 0.1) is 0 Å². The molecule has 2 heteroatoms. The Labute approximate surface area is 258 Å². The molecule has 4 rings (SSSR count). The van der Waals surface area contributed by atoms with Crippen LogP contribution in [-0.4, -0.2) is 0 Å². The molecular formula is C39H50BrP. The summed E-state index contributed by atoms with van der Waals surface area (Å²) in [5.41, 5.74) is 1.45. The molecule has 0 aliphatic heterocycles. The molecular weight excluding hydrogens is 579 g/mol. The van der Waals surface area contributed by atoms with E-state index < -0.39 is 5.31 Å². The Balaban J connectivity index is 1.40. The van der Waals surface area contributed by atoms with Gasteiger partial charge in [0.15, 0.2) is 0 Å². The van der Waals surface area contributed by atoms with Gasteiger partial charge in [0.25, 0.3) is 0 Å². The number of benzene rings is 4. The van der Waals surface area contributed by atoms with Crippen molar-refractivity contribution in [3.05, 3.63) is 121 Å². The average molecular weight is 630 g/mol. The van der Waals surface area contributed by atoms with Gasteiger partial charge in [-0.2, -0.15) is 0 Å². The third kappa shape index (κ3) is 7.80. The van der Waals surface area contributed by atoms with Gasteiger partial charge in [-0.1, -0.05) is 45.4 Å². The van der Waals surface area contributed by atoms with Gasteiger partial charge in [-0.05, 0) is 0 Å². The second-order valence-electron chi connectivity index (χ2n) is 11.7. The summed E-state index contributed by atoms with van der Waals surface area (Å²) in [5.74, 6) is 0. The standard InChI is InChI=1S/C39H50BrP/c1-2-3-4-5-6-7-8-9-10-11-12-13-17-24-35-31-33-39(34-32-35)41(40,36-25-18-14-19-26-36,37-27-20-15-21-28-37)38-29-22-16-23-30-38/h14-16,18-23,25-34H,2-13,17,24H2,1H3. The zero-order valence-corrected chi connectivity index (χ0v) is 27.7. The predicted octanol–water partition coefficient (Wildman–Crippen LogP) is 10.8. The molecule has 4 aromatic carbocycles. The van der Waals surface area contributed by atoms with Gasteiger partial charge in [0.2, 0.25) is 0 Å². The van der Waals surface area contributed by atoms with Gasteiger partial charge in [0, 0.05) is 0 Å². The van der Waals surface area contributed by atoms with Crippen molar-refractivity contribution in [1.82, 2.24) is 0 Å². The Bertz CT molecular complexity index is 1150. The first kappa shape index (κ1) is 31.7. The van der Waals surface area contributed by atoms with E-state index in [9.17, 15) is 0 Å². The summed E-state index contributed by atoms with van der Waals surface area (Å²) in [4.78, 5) is 0. The van der Waals surface area contributed by atoms with Crippen molar-refractivity contribution in [2.45, 2.75) is 96.8 Å². The fraction of sp³-hybridized carbons (Fsp3) is 0.385. The van der Waals surface area contributed by atoms with Crippen molar-refractivity contribution in [3.63, 3.8) is 0 Å². The van der Waals surface area contributed by atoms with Gasteiger partial charge in [0.1, 0.15) is 0 Å². The maximum absolute atomic E-state index is 4.60. The molecule has 4 aromatic rings. The fourth-order valence-electron chi connectivity index (χ4n) is 6.31. The monoisotopic (exact) mass is 628 g/mol. The van der Waals surface area contributed by atoms with Crippen LogP contribution in [0.15, 0.2) is 115 Å². The summed E-state index contributed by atoms with van der Waals surface area (Å²) < 4.78 is 0. The van der Waals surface area contributed by atoms with Crippen LogP contribution in [0.25, 0.3) is 0 Å². The Kier molecular flexibility index (Phi) is 12.7. The van der Waals surface area contributed by atoms with Crippen molar-refractivity contribution in [1.29, 1.82) is 0 Å². The molecule has 0 unspecified atom stereocenters. The van der Waals surface area contributed by atoms with E-state index in [2.05, 4.69) is 138 Å². The minimum absolute atomic E-state index is 1.16. The maximum atomic E-state index is 4.60. The predicted molar refractivity (Wildman–Crippen MR) is 190 cm³/mol. The molecule has 0 saturated carbocycles. The molecule has 0 aliphatic rings. The second-order valence-corrected chi connectivity index (χ2v) is 20.0. The zero-order chi connectivity index (χ0) is 28.7. The van der Waals surface area contributed by atoms with Gasteiger partial charge in [-0.3, -0.25) is 0 Å². The summed E-state index contributed by atoms with van der Waals surface area (Å²) in [5, 5.41) is 2.25. The van der Waals surface area contributed by atoms with Gasteiger partial charge >= 0.3 is 214 Å². The first-order valence-corrected chi connectivity index (χ1v) is 20.4. The van der Waals surface area contributed by atoms with Crippen LogP contribution in [0.5, 0.6) is 0 Å². The zero-order valence-electron chi connectivity index (χ0n) is 25.2. The van der Waals surface area contributed by atoms with Gasteiger partial charge in [-0.25, -0.2) is 0 Å². The molecule has 0 bridgehead atoms. The summed E-state index contributed by atoms with van der Waals surface area (Å²) in [6.07, 6.45) is 19.4. The van der Waals surface area contributed by atoms with Crippen molar-refractivity contribution in [2.24, 2.45) is 0 Å². The molecule has 0 spiro atoms. The Hall–Kier alpha value is -2.21. The molecule has 0 nitrogen and oxygen atoms in total. The molecule has 0 radical (unpaired) electrons. The molecule has 0 aliphatic carbocycles. The number of halogens is 1. The number of unbranched alkanes of at least 4 members (excludes halogenated alkanes) is 12. The number of rotatable bonds is 18. The second kappa shape index (κ2) is 16.4. The van der Waals surface area contributed by atoms with Gasteiger partial charge < -0.3 is 0 Å². The Morgan fingerprint density at radius 1 is 0.390 bits per heavy atom. The SMILES string of the molecule is CCCCCCCCCCCCCCCc1ccc(P(Br)(c2ccccc2)(c2ccccc2)c2ccccc2)cc1. The molecule has 0 saturated heterocycles. The van der Waals surface area contributed by atoms with Crippen molar-refractivity contribution >= 4 is 42.0 Å². The van der Waals surface area contributed by atoms with E-state index in [1.807, 2.05) is 0 Å². The van der Waals surface area contributed by atoms with Crippen molar-refractivity contribution < 1.29 is 0 Å². The Morgan fingerprint density at radius 2 is 0.707 bits per heavy atom. The quantitative estimate of drug-likeness (QED) is 0.0759. The number of aryl methyl sites for hydroxylation is 1. The third-order valence-electron chi connectivity index (χ3n) is 8.71. The Morgan fingerprint density at radius 3 is 1.07 bits per heavy atom. The minimum atomic E-state index is -3.11. The van der Waals surface area contributed by atoms with Crippen molar-refractivity contribution in [2.75, 3.05) is 0 Å². The van der Waals surface area contributed by atoms with Gasteiger partial charge in [0.05, 0.1) is 0 Å². The van der Waals surface area contributed by atoms with Crippen LogP contribution in [0.2, 0.25) is 0 Å². The number of hydrogen-bond acceptors (Lipinski definition) is 0. The molecule has 0 atom stereocenters.